The monoisotopic (exact) mass is 447 g/mol. The van der Waals surface area contributed by atoms with Crippen LogP contribution in [0.5, 0.6) is 5.75 Å². The number of methoxy groups -OCH3 is 1. The third-order valence-electron chi connectivity index (χ3n) is 5.77. The number of anilines is 1. The van der Waals surface area contributed by atoms with E-state index in [0.29, 0.717) is 11.4 Å². The van der Waals surface area contributed by atoms with Gasteiger partial charge in [-0.1, -0.05) is 30.3 Å². The number of ether oxygens (including phenoxy) is 1. The Labute approximate surface area is 190 Å². The van der Waals surface area contributed by atoms with Crippen LogP contribution in [0.3, 0.4) is 0 Å². The number of carbonyl (C=O) groups is 3. The fourth-order valence-corrected chi connectivity index (χ4v) is 3.98. The van der Waals surface area contributed by atoms with E-state index in [9.17, 15) is 18.8 Å². The fourth-order valence-electron chi connectivity index (χ4n) is 3.98. The van der Waals surface area contributed by atoms with E-state index in [2.05, 4.69) is 10.3 Å². The highest BCUT2D eigenvalue weighted by Gasteiger charge is 2.54. The smallest absolute Gasteiger partial charge is 0.335 e. The number of urea groups is 1. The van der Waals surface area contributed by atoms with Gasteiger partial charge in [-0.3, -0.25) is 19.9 Å². The molecule has 1 aromatic heterocycles. The second kappa shape index (κ2) is 9.20. The summed E-state index contributed by atoms with van der Waals surface area (Å²) in [5.41, 5.74) is -0.575. The molecule has 168 valence electrons. The molecule has 0 unspecified atom stereocenters. The fraction of sp³-hybridized carbons (Fsp3) is 0.200. The third kappa shape index (κ3) is 4.32. The number of carbonyl (C=O) groups excluding carboxylic acids is 3. The van der Waals surface area contributed by atoms with Crippen LogP contribution in [0.15, 0.2) is 72.9 Å². The van der Waals surface area contributed by atoms with Crippen LogP contribution in [0.25, 0.3) is 0 Å². The van der Waals surface area contributed by atoms with E-state index in [1.54, 1.807) is 48.7 Å². The SMILES string of the molecule is COc1cccc(N2C(=O)NC(=O)[C@@](CCc3ccccn3)(Cc3ccccc3F)C2=O)c1. The summed E-state index contributed by atoms with van der Waals surface area (Å²) in [4.78, 5) is 45.0. The molecule has 0 bridgehead atoms. The number of hydrogen-bond donors (Lipinski definition) is 1. The molecule has 2 heterocycles. The largest absolute Gasteiger partial charge is 0.497 e. The molecule has 0 spiro atoms. The molecule has 0 radical (unpaired) electrons. The highest BCUT2D eigenvalue weighted by Crippen LogP contribution is 2.37. The number of benzene rings is 2. The zero-order valence-corrected chi connectivity index (χ0v) is 18.0. The Morgan fingerprint density at radius 1 is 1.03 bits per heavy atom. The van der Waals surface area contributed by atoms with E-state index in [0.717, 1.165) is 4.90 Å². The van der Waals surface area contributed by atoms with Crippen molar-refractivity contribution in [3.05, 3.63) is 90.0 Å². The Morgan fingerprint density at radius 2 is 1.82 bits per heavy atom. The number of barbiturate groups is 1. The number of hydrogen-bond acceptors (Lipinski definition) is 5. The van der Waals surface area contributed by atoms with E-state index in [1.165, 1.54) is 31.4 Å². The minimum absolute atomic E-state index is 0.0385. The third-order valence-corrected chi connectivity index (χ3v) is 5.77. The molecule has 8 heteroatoms. The second-order valence-corrected chi connectivity index (χ2v) is 7.77. The number of nitrogens with zero attached hydrogens (tertiary/aromatic N) is 2. The van der Waals surface area contributed by atoms with Crippen molar-refractivity contribution >= 4 is 23.5 Å². The van der Waals surface area contributed by atoms with Crippen LogP contribution in [0.1, 0.15) is 17.7 Å². The van der Waals surface area contributed by atoms with Gasteiger partial charge >= 0.3 is 6.03 Å². The molecule has 1 aliphatic heterocycles. The Hall–Kier alpha value is -4.07. The van der Waals surface area contributed by atoms with Gasteiger partial charge in [0.05, 0.1) is 12.8 Å². The summed E-state index contributed by atoms with van der Waals surface area (Å²) in [7, 11) is 1.47. The van der Waals surface area contributed by atoms with Crippen LogP contribution >= 0.6 is 0 Å². The zero-order chi connectivity index (χ0) is 23.4. The Kier molecular flexibility index (Phi) is 6.17. The zero-order valence-electron chi connectivity index (χ0n) is 18.0. The normalized spacial score (nSPS) is 18.2. The lowest BCUT2D eigenvalue weighted by atomic mass is 9.74. The number of imide groups is 2. The van der Waals surface area contributed by atoms with Gasteiger partial charge in [-0.2, -0.15) is 0 Å². The van der Waals surface area contributed by atoms with E-state index in [-0.39, 0.29) is 30.5 Å². The molecule has 1 fully saturated rings. The van der Waals surface area contributed by atoms with Crippen molar-refractivity contribution in [2.75, 3.05) is 12.0 Å². The number of rotatable bonds is 7. The second-order valence-electron chi connectivity index (χ2n) is 7.77. The maximum absolute atomic E-state index is 14.6. The van der Waals surface area contributed by atoms with E-state index < -0.39 is 29.1 Å². The Bertz CT molecular complexity index is 1200. The maximum Gasteiger partial charge on any atom is 0.335 e. The first-order valence-electron chi connectivity index (χ1n) is 10.4. The predicted octanol–water partition coefficient (Wildman–Crippen LogP) is 3.67. The molecule has 0 saturated carbocycles. The number of amides is 4. The number of aryl methyl sites for hydroxylation is 1. The minimum Gasteiger partial charge on any atom is -0.497 e. The molecular weight excluding hydrogens is 425 g/mol. The van der Waals surface area contributed by atoms with E-state index >= 15 is 0 Å². The average molecular weight is 447 g/mol. The highest BCUT2D eigenvalue weighted by atomic mass is 19.1. The summed E-state index contributed by atoms with van der Waals surface area (Å²) in [6.45, 7) is 0. The number of aromatic nitrogens is 1. The van der Waals surface area contributed by atoms with Crippen LogP contribution in [0.2, 0.25) is 0 Å². The minimum atomic E-state index is -1.71. The summed E-state index contributed by atoms with van der Waals surface area (Å²) in [5.74, 6) is -1.56. The van der Waals surface area contributed by atoms with Gasteiger partial charge in [0.25, 0.3) is 5.91 Å². The Balaban J connectivity index is 1.78. The average Bonchev–Trinajstić information content (AvgIpc) is 2.83. The van der Waals surface area contributed by atoms with Crippen molar-refractivity contribution in [3.8, 4) is 5.75 Å². The van der Waals surface area contributed by atoms with Gasteiger partial charge in [0.1, 0.15) is 17.0 Å². The molecule has 7 nitrogen and oxygen atoms in total. The topological polar surface area (TPSA) is 88.6 Å². The Morgan fingerprint density at radius 3 is 2.55 bits per heavy atom. The lowest BCUT2D eigenvalue weighted by Crippen LogP contribution is -2.65. The quantitative estimate of drug-likeness (QED) is 0.559. The molecule has 1 atom stereocenters. The van der Waals surface area contributed by atoms with Crippen molar-refractivity contribution in [2.45, 2.75) is 19.3 Å². The van der Waals surface area contributed by atoms with Crippen molar-refractivity contribution < 1.29 is 23.5 Å². The maximum atomic E-state index is 14.6. The molecule has 3 aromatic rings. The molecule has 1 aliphatic rings. The summed E-state index contributed by atoms with van der Waals surface area (Å²) < 4.78 is 19.8. The lowest BCUT2D eigenvalue weighted by Gasteiger charge is -2.39. The van der Waals surface area contributed by atoms with Gasteiger partial charge in [0.15, 0.2) is 0 Å². The first-order chi connectivity index (χ1) is 15.9. The number of halogens is 1. The molecule has 4 amide bonds. The van der Waals surface area contributed by atoms with E-state index in [1.807, 2.05) is 0 Å². The molecule has 0 aliphatic carbocycles. The molecule has 4 rings (SSSR count). The van der Waals surface area contributed by atoms with E-state index in [4.69, 9.17) is 4.74 Å². The van der Waals surface area contributed by atoms with Crippen LogP contribution in [-0.4, -0.2) is 29.9 Å². The van der Waals surface area contributed by atoms with Crippen molar-refractivity contribution in [3.63, 3.8) is 0 Å². The van der Waals surface area contributed by atoms with Gasteiger partial charge in [0.2, 0.25) is 5.91 Å². The number of nitrogens with one attached hydrogen (secondary N) is 1. The van der Waals surface area contributed by atoms with Crippen molar-refractivity contribution in [2.24, 2.45) is 5.41 Å². The van der Waals surface area contributed by atoms with Crippen molar-refractivity contribution in [1.82, 2.24) is 10.3 Å². The van der Waals surface area contributed by atoms with Gasteiger partial charge in [-0.25, -0.2) is 14.1 Å². The van der Waals surface area contributed by atoms with Gasteiger partial charge in [-0.05, 0) is 55.2 Å². The van der Waals surface area contributed by atoms with Gasteiger partial charge in [0, 0.05) is 18.0 Å². The van der Waals surface area contributed by atoms with Crippen LogP contribution < -0.4 is 15.0 Å². The number of pyridine rings is 1. The van der Waals surface area contributed by atoms with Gasteiger partial charge < -0.3 is 4.74 Å². The summed E-state index contributed by atoms with van der Waals surface area (Å²) in [6.07, 6.45) is 1.74. The van der Waals surface area contributed by atoms with Gasteiger partial charge in [-0.15, -0.1) is 0 Å². The standard InChI is InChI=1S/C25H22FN3O4/c1-33-20-10-6-9-19(15-20)29-23(31)25(22(30)28-24(29)32,13-12-18-8-4-5-14-27-18)16-17-7-2-3-11-21(17)26/h2-11,14-15H,12-13,16H2,1H3,(H,28,30,32)/t25-/m1/s1. The first kappa shape index (κ1) is 22.1. The van der Waals surface area contributed by atoms with Crippen LogP contribution in [0, 0.1) is 11.2 Å². The molecule has 1 N–H and O–H groups in total. The molecule has 2 aromatic carbocycles. The van der Waals surface area contributed by atoms with Crippen LogP contribution in [-0.2, 0) is 22.4 Å². The molecule has 33 heavy (non-hydrogen) atoms. The first-order valence-corrected chi connectivity index (χ1v) is 10.4. The summed E-state index contributed by atoms with van der Waals surface area (Å²) in [5, 5.41) is 2.31. The molecular formula is C25H22FN3O4. The summed E-state index contributed by atoms with van der Waals surface area (Å²) in [6, 6.07) is 16.9. The summed E-state index contributed by atoms with van der Waals surface area (Å²) >= 11 is 0. The highest BCUT2D eigenvalue weighted by molar-refractivity contribution is 6.30. The molecule has 1 saturated heterocycles. The predicted molar refractivity (Wildman–Crippen MR) is 119 cm³/mol. The lowest BCUT2D eigenvalue weighted by molar-refractivity contribution is -0.143. The van der Waals surface area contributed by atoms with Crippen molar-refractivity contribution in [1.29, 1.82) is 0 Å². The van der Waals surface area contributed by atoms with Crippen LogP contribution in [0.4, 0.5) is 14.9 Å².